The molecule has 5 heteroatoms. The van der Waals surface area contributed by atoms with Crippen LogP contribution in [0.2, 0.25) is 19.6 Å². The summed E-state index contributed by atoms with van der Waals surface area (Å²) in [5.41, 5.74) is 1.69. The molecular weight excluding hydrogens is 423 g/mol. The van der Waals surface area contributed by atoms with Gasteiger partial charge in [0.15, 0.2) is 8.32 Å². The van der Waals surface area contributed by atoms with Gasteiger partial charge in [-0.25, -0.2) is 0 Å². The molecule has 0 aromatic carbocycles. The zero-order valence-corrected chi connectivity index (χ0v) is 22.2. The average molecular weight is 462 g/mol. The van der Waals surface area contributed by atoms with Crippen molar-refractivity contribution in [2.24, 2.45) is 28.6 Å². The van der Waals surface area contributed by atoms with Gasteiger partial charge in [-0.1, -0.05) is 25.5 Å². The van der Waals surface area contributed by atoms with Gasteiger partial charge in [0, 0.05) is 16.9 Å². The summed E-state index contributed by atoms with van der Waals surface area (Å²) in [6, 6.07) is 2.76. The molecule has 166 valence electrons. The lowest BCUT2D eigenvalue weighted by molar-refractivity contribution is -0.0934. The Morgan fingerprint density at radius 1 is 1.00 bits per heavy atom. The number of hydrogen-bond acceptors (Lipinski definition) is 4. The molecule has 1 spiro atoms. The number of fused-ring (bicyclic) bond motifs is 5. The number of nitrogens with zero attached hydrogens (tertiary/aromatic N) is 1. The molecule has 0 N–H and O–H groups in total. The first-order chi connectivity index (χ1) is 14.1. The summed E-state index contributed by atoms with van der Waals surface area (Å²) in [5.74, 6) is 4.91. The highest BCUT2D eigenvalue weighted by Gasteiger charge is 2.66. The number of rotatable bonds is 2. The predicted octanol–water partition coefficient (Wildman–Crippen LogP) is 7.24. The molecule has 1 saturated heterocycles. The van der Waals surface area contributed by atoms with Gasteiger partial charge in [0.1, 0.15) is 5.60 Å². The number of nitriles is 1. The van der Waals surface area contributed by atoms with Crippen LogP contribution in [0.3, 0.4) is 0 Å². The smallest absolute Gasteiger partial charge is 0.185 e. The van der Waals surface area contributed by atoms with E-state index in [2.05, 4.69) is 69.2 Å². The quantitative estimate of drug-likeness (QED) is 0.320. The van der Waals surface area contributed by atoms with Crippen LogP contribution in [0, 0.1) is 39.9 Å². The summed E-state index contributed by atoms with van der Waals surface area (Å²) in [4.78, 5) is 0. The largest absolute Gasteiger partial charge is 0.399 e. The van der Waals surface area contributed by atoms with E-state index in [1.54, 1.807) is 5.57 Å². The normalized spacial score (nSPS) is 47.2. The van der Waals surface area contributed by atoms with Gasteiger partial charge in [0.2, 0.25) is 0 Å². The summed E-state index contributed by atoms with van der Waals surface area (Å²) < 4.78 is 7.15. The highest BCUT2D eigenvalue weighted by atomic mass is 32.2. The van der Waals surface area contributed by atoms with Crippen LogP contribution in [0.15, 0.2) is 11.6 Å². The van der Waals surface area contributed by atoms with Crippen molar-refractivity contribution in [3.05, 3.63) is 11.6 Å². The topological polar surface area (TPSA) is 33.0 Å². The Labute approximate surface area is 193 Å². The van der Waals surface area contributed by atoms with Crippen LogP contribution in [0.4, 0.5) is 0 Å². The van der Waals surface area contributed by atoms with E-state index in [1.807, 2.05) is 0 Å². The van der Waals surface area contributed by atoms with E-state index in [9.17, 15) is 5.26 Å². The van der Waals surface area contributed by atoms with Gasteiger partial charge in [-0.2, -0.15) is 5.26 Å². The van der Waals surface area contributed by atoms with E-state index < -0.39 is 13.9 Å². The maximum atomic E-state index is 10.4. The molecule has 5 rings (SSSR count). The van der Waals surface area contributed by atoms with E-state index in [0.29, 0.717) is 15.4 Å². The monoisotopic (exact) mass is 461 g/mol. The summed E-state index contributed by atoms with van der Waals surface area (Å²) in [7, 11) is -1.78. The fraction of sp³-hybridized carbons (Fsp3) is 0.880. The molecule has 3 saturated carbocycles. The van der Waals surface area contributed by atoms with Crippen LogP contribution >= 0.6 is 23.5 Å². The van der Waals surface area contributed by atoms with Gasteiger partial charge in [-0.05, 0) is 94.2 Å². The third-order valence-corrected chi connectivity index (χ3v) is 14.0. The lowest BCUT2D eigenvalue weighted by Gasteiger charge is -2.60. The molecule has 0 amide bonds. The van der Waals surface area contributed by atoms with Crippen molar-refractivity contribution in [2.45, 2.75) is 94.5 Å². The van der Waals surface area contributed by atoms with Crippen LogP contribution in [0.25, 0.3) is 0 Å². The predicted molar refractivity (Wildman–Crippen MR) is 132 cm³/mol. The Morgan fingerprint density at radius 3 is 2.37 bits per heavy atom. The highest BCUT2D eigenvalue weighted by molar-refractivity contribution is 8.21. The van der Waals surface area contributed by atoms with Crippen LogP contribution in [0.1, 0.15) is 65.2 Å². The third kappa shape index (κ3) is 3.06. The molecule has 0 aromatic rings. The lowest BCUT2D eigenvalue weighted by Crippen LogP contribution is -2.57. The number of allylic oxidation sites excluding steroid dienone is 1. The van der Waals surface area contributed by atoms with Gasteiger partial charge in [0.05, 0.1) is 10.1 Å². The van der Waals surface area contributed by atoms with E-state index in [1.165, 1.54) is 56.5 Å². The van der Waals surface area contributed by atoms with Crippen molar-refractivity contribution in [3.8, 4) is 6.07 Å². The van der Waals surface area contributed by atoms with E-state index >= 15 is 0 Å². The summed E-state index contributed by atoms with van der Waals surface area (Å²) >= 11 is 4.42. The molecule has 5 aliphatic rings. The Bertz CT molecular complexity index is 794. The Morgan fingerprint density at radius 2 is 1.70 bits per heavy atom. The molecule has 1 heterocycles. The first-order valence-electron chi connectivity index (χ1n) is 12.2. The molecule has 0 unspecified atom stereocenters. The zero-order valence-electron chi connectivity index (χ0n) is 19.6. The fourth-order valence-corrected chi connectivity index (χ4v) is 12.8. The highest BCUT2D eigenvalue weighted by Crippen LogP contribution is 2.69. The second kappa shape index (κ2) is 7.05. The van der Waals surface area contributed by atoms with Crippen LogP contribution in [-0.2, 0) is 4.43 Å². The van der Waals surface area contributed by atoms with Gasteiger partial charge in [-0.3, -0.25) is 0 Å². The Hall–Kier alpha value is 0.107. The molecule has 4 aliphatic carbocycles. The lowest BCUT2D eigenvalue weighted by atomic mass is 9.46. The van der Waals surface area contributed by atoms with Gasteiger partial charge in [-0.15, -0.1) is 23.5 Å². The zero-order chi connectivity index (χ0) is 21.4. The van der Waals surface area contributed by atoms with Crippen LogP contribution < -0.4 is 0 Å². The molecule has 0 radical (unpaired) electrons. The van der Waals surface area contributed by atoms with Crippen molar-refractivity contribution >= 4 is 31.8 Å². The van der Waals surface area contributed by atoms with E-state index in [-0.39, 0.29) is 5.41 Å². The van der Waals surface area contributed by atoms with Crippen molar-refractivity contribution in [3.63, 3.8) is 0 Å². The summed E-state index contributed by atoms with van der Waals surface area (Å²) in [5, 5.41) is 10.4. The minimum absolute atomic E-state index is 0.0355. The second-order valence-corrected chi connectivity index (χ2v) is 19.7. The number of hydrogen-bond donors (Lipinski definition) is 0. The first-order valence-corrected chi connectivity index (χ1v) is 17.6. The van der Waals surface area contributed by atoms with Crippen molar-refractivity contribution in [2.75, 3.05) is 11.5 Å². The van der Waals surface area contributed by atoms with Gasteiger partial charge in [0.25, 0.3) is 0 Å². The molecule has 0 bridgehead atoms. The maximum absolute atomic E-state index is 10.4. The second-order valence-electron chi connectivity index (χ2n) is 12.2. The molecule has 4 fully saturated rings. The summed E-state index contributed by atoms with van der Waals surface area (Å²) in [6.07, 6.45) is 12.7. The van der Waals surface area contributed by atoms with Crippen LogP contribution in [0.5, 0.6) is 0 Å². The van der Waals surface area contributed by atoms with Crippen molar-refractivity contribution < 1.29 is 4.43 Å². The number of thioether (sulfide) groups is 2. The summed E-state index contributed by atoms with van der Waals surface area (Å²) in [6.45, 7) is 11.8. The van der Waals surface area contributed by atoms with E-state index in [4.69, 9.17) is 4.43 Å². The molecule has 30 heavy (non-hydrogen) atoms. The molecule has 0 aromatic heterocycles. The van der Waals surface area contributed by atoms with Crippen LogP contribution in [-0.4, -0.2) is 29.5 Å². The Balaban J connectivity index is 1.45. The Kier molecular flexibility index (Phi) is 5.15. The van der Waals surface area contributed by atoms with Gasteiger partial charge < -0.3 is 4.43 Å². The molecule has 6 atom stereocenters. The van der Waals surface area contributed by atoms with Crippen molar-refractivity contribution in [1.29, 1.82) is 5.26 Å². The minimum Gasteiger partial charge on any atom is -0.399 e. The molecular formula is C25H39NOS2Si. The van der Waals surface area contributed by atoms with E-state index in [0.717, 1.165) is 18.3 Å². The fourth-order valence-electron chi connectivity index (χ4n) is 8.27. The van der Waals surface area contributed by atoms with Crippen molar-refractivity contribution in [1.82, 2.24) is 0 Å². The SMILES string of the molecule is C[C@]12CCC3(C=C1CC[C@@H]1[C@@H]2CC[C@@]2(C)[C@H]1CC[C@@]2(C#N)O[Si](C)(C)C)SCCS3. The molecule has 1 aliphatic heterocycles. The first kappa shape index (κ1) is 21.9. The molecule has 2 nitrogen and oxygen atoms in total. The average Bonchev–Trinajstić information content (AvgIpc) is 3.24. The van der Waals surface area contributed by atoms with Gasteiger partial charge >= 0.3 is 0 Å². The maximum Gasteiger partial charge on any atom is 0.185 e. The minimum atomic E-state index is -1.78. The third-order valence-electron chi connectivity index (χ3n) is 9.68. The standard InChI is InChI=1S/C25H39NOS2Si/c1-22-12-13-25(28-14-15-29-25)16-18(22)6-7-19-20(22)8-10-23(2)21(19)9-11-24(23,17-26)27-30(3,4)5/h16,19-21H,6-15H2,1-5H3/t19-,20+,21+,22+,23+,24+/m1/s1.